The lowest BCUT2D eigenvalue weighted by Crippen LogP contribution is -2.38. The Balaban J connectivity index is 1.48. The largest absolute Gasteiger partial charge is 0.369 e. The molecule has 1 saturated heterocycles. The first-order valence-corrected chi connectivity index (χ1v) is 11.8. The summed E-state index contributed by atoms with van der Waals surface area (Å²) in [6.45, 7) is 9.13. The molecule has 0 atom stereocenters. The average molecular weight is 440 g/mol. The van der Waals surface area contributed by atoms with Crippen molar-refractivity contribution in [3.05, 3.63) is 59.7 Å². The Bertz CT molecular complexity index is 898. The van der Waals surface area contributed by atoms with E-state index < -0.39 is 0 Å². The molecule has 1 heterocycles. The highest BCUT2D eigenvalue weighted by molar-refractivity contribution is 8.00. The average Bonchev–Trinajstić information content (AvgIpc) is 2.72. The number of thioether (sulfide) groups is 1. The van der Waals surface area contributed by atoms with Gasteiger partial charge in [0.1, 0.15) is 0 Å². The van der Waals surface area contributed by atoms with Crippen molar-refractivity contribution in [3.63, 3.8) is 0 Å². The summed E-state index contributed by atoms with van der Waals surface area (Å²) in [7, 11) is 0. The Labute approximate surface area is 189 Å². The maximum absolute atomic E-state index is 12.4. The fraction of sp³-hybridized carbons (Fsp3) is 0.440. The number of likely N-dealkylation sites (tertiary alicyclic amines) is 1. The van der Waals surface area contributed by atoms with Crippen LogP contribution < -0.4 is 11.1 Å². The first-order valence-electron chi connectivity index (χ1n) is 10.8. The number of nitrogens with one attached hydrogen (secondary N) is 1. The highest BCUT2D eigenvalue weighted by Gasteiger charge is 2.23. The molecular weight excluding hydrogens is 406 g/mol. The summed E-state index contributed by atoms with van der Waals surface area (Å²) in [6, 6.07) is 16.4. The monoisotopic (exact) mass is 439 g/mol. The van der Waals surface area contributed by atoms with Gasteiger partial charge >= 0.3 is 0 Å². The second-order valence-corrected chi connectivity index (χ2v) is 10.3. The van der Waals surface area contributed by atoms with E-state index in [4.69, 9.17) is 5.73 Å². The van der Waals surface area contributed by atoms with Gasteiger partial charge < -0.3 is 11.1 Å². The fourth-order valence-corrected chi connectivity index (χ4v) is 4.48. The first kappa shape index (κ1) is 23.4. The highest BCUT2D eigenvalue weighted by Crippen LogP contribution is 2.26. The molecule has 31 heavy (non-hydrogen) atoms. The molecule has 1 aliphatic heterocycles. The van der Waals surface area contributed by atoms with E-state index in [-0.39, 0.29) is 23.1 Å². The van der Waals surface area contributed by atoms with Crippen molar-refractivity contribution in [1.29, 1.82) is 0 Å². The summed E-state index contributed by atoms with van der Waals surface area (Å²) in [4.78, 5) is 27.2. The van der Waals surface area contributed by atoms with Crippen molar-refractivity contribution in [3.8, 4) is 0 Å². The number of hydrogen-bond acceptors (Lipinski definition) is 4. The Morgan fingerprint density at radius 3 is 2.39 bits per heavy atom. The van der Waals surface area contributed by atoms with E-state index in [0.29, 0.717) is 5.75 Å². The Morgan fingerprint density at radius 1 is 1.10 bits per heavy atom. The lowest BCUT2D eigenvalue weighted by atomic mass is 9.87. The Morgan fingerprint density at radius 2 is 1.77 bits per heavy atom. The molecule has 1 aliphatic rings. The van der Waals surface area contributed by atoms with Crippen molar-refractivity contribution in [2.45, 2.75) is 50.5 Å². The maximum atomic E-state index is 12.4. The topological polar surface area (TPSA) is 75.4 Å². The molecule has 0 saturated carbocycles. The zero-order valence-electron chi connectivity index (χ0n) is 18.7. The van der Waals surface area contributed by atoms with Crippen molar-refractivity contribution >= 4 is 29.3 Å². The number of benzene rings is 2. The van der Waals surface area contributed by atoms with Crippen LogP contribution in [-0.2, 0) is 21.5 Å². The molecule has 166 valence electrons. The number of rotatable bonds is 7. The summed E-state index contributed by atoms with van der Waals surface area (Å²) in [5, 5.41) is 3.01. The number of primary amides is 1. The van der Waals surface area contributed by atoms with Gasteiger partial charge in [0, 0.05) is 23.0 Å². The third-order valence-electron chi connectivity index (χ3n) is 5.70. The van der Waals surface area contributed by atoms with E-state index in [1.165, 1.54) is 5.56 Å². The molecule has 2 aromatic rings. The molecule has 2 amide bonds. The SMILES string of the molecule is CC(C)(C)c1ccc(SCC(=O)Nc2cccc(CN3CCC(C(N)=O)CC3)c2)cc1. The van der Waals surface area contributed by atoms with Gasteiger partial charge in [0.2, 0.25) is 11.8 Å². The number of piperidine rings is 1. The number of hydrogen-bond donors (Lipinski definition) is 2. The van der Waals surface area contributed by atoms with Crippen LogP contribution in [0.1, 0.15) is 44.7 Å². The molecule has 0 radical (unpaired) electrons. The number of nitrogens with zero attached hydrogens (tertiary/aromatic N) is 1. The van der Waals surface area contributed by atoms with Crippen LogP contribution in [0.4, 0.5) is 5.69 Å². The minimum atomic E-state index is -0.188. The summed E-state index contributed by atoms with van der Waals surface area (Å²) >= 11 is 1.54. The third-order valence-corrected chi connectivity index (χ3v) is 6.71. The minimum Gasteiger partial charge on any atom is -0.369 e. The van der Waals surface area contributed by atoms with E-state index in [0.717, 1.165) is 48.6 Å². The van der Waals surface area contributed by atoms with Gasteiger partial charge in [-0.15, -0.1) is 11.8 Å². The predicted molar refractivity (Wildman–Crippen MR) is 128 cm³/mol. The number of carbonyl (C=O) groups excluding carboxylic acids is 2. The van der Waals surface area contributed by atoms with Crippen molar-refractivity contribution in [2.75, 3.05) is 24.2 Å². The zero-order chi connectivity index (χ0) is 22.4. The van der Waals surface area contributed by atoms with E-state index >= 15 is 0 Å². The van der Waals surface area contributed by atoms with Gasteiger partial charge in [-0.3, -0.25) is 14.5 Å². The molecule has 3 rings (SSSR count). The Kier molecular flexibility index (Phi) is 7.79. The van der Waals surface area contributed by atoms with E-state index in [2.05, 4.69) is 61.3 Å². The van der Waals surface area contributed by atoms with E-state index in [1.807, 2.05) is 18.2 Å². The second-order valence-electron chi connectivity index (χ2n) is 9.26. The molecule has 5 nitrogen and oxygen atoms in total. The predicted octanol–water partition coefficient (Wildman–Crippen LogP) is 4.41. The van der Waals surface area contributed by atoms with Crippen LogP contribution in [-0.4, -0.2) is 35.6 Å². The van der Waals surface area contributed by atoms with E-state index in [9.17, 15) is 9.59 Å². The number of anilines is 1. The number of nitrogens with two attached hydrogens (primary N) is 1. The Hall–Kier alpha value is -2.31. The molecule has 0 unspecified atom stereocenters. The van der Waals surface area contributed by atoms with Gasteiger partial charge in [-0.05, 0) is 66.7 Å². The number of amides is 2. The molecule has 0 spiro atoms. The molecular formula is C25H33N3O2S. The number of carbonyl (C=O) groups is 2. The van der Waals surface area contributed by atoms with Gasteiger partial charge in [-0.25, -0.2) is 0 Å². The fourth-order valence-electron chi connectivity index (χ4n) is 3.78. The zero-order valence-corrected chi connectivity index (χ0v) is 19.5. The normalized spacial score (nSPS) is 15.6. The maximum Gasteiger partial charge on any atom is 0.234 e. The molecule has 6 heteroatoms. The molecule has 0 aromatic heterocycles. The quantitative estimate of drug-likeness (QED) is 0.627. The summed E-state index contributed by atoms with van der Waals surface area (Å²) in [5.41, 5.74) is 8.81. The molecule has 3 N–H and O–H groups in total. The molecule has 1 fully saturated rings. The molecule has 0 bridgehead atoms. The van der Waals surface area contributed by atoms with Crippen LogP contribution in [0.5, 0.6) is 0 Å². The van der Waals surface area contributed by atoms with Gasteiger partial charge in [0.15, 0.2) is 0 Å². The third kappa shape index (κ3) is 7.11. The molecule has 2 aromatic carbocycles. The van der Waals surface area contributed by atoms with Crippen molar-refractivity contribution in [1.82, 2.24) is 4.90 Å². The van der Waals surface area contributed by atoms with Gasteiger partial charge in [0.05, 0.1) is 5.75 Å². The second kappa shape index (κ2) is 10.3. The van der Waals surface area contributed by atoms with Crippen LogP contribution in [0, 0.1) is 5.92 Å². The van der Waals surface area contributed by atoms with Crippen molar-refractivity contribution < 1.29 is 9.59 Å². The van der Waals surface area contributed by atoms with Gasteiger partial charge in [0.25, 0.3) is 0 Å². The van der Waals surface area contributed by atoms with Crippen LogP contribution >= 0.6 is 11.8 Å². The summed E-state index contributed by atoms with van der Waals surface area (Å²) in [6.07, 6.45) is 1.64. The van der Waals surface area contributed by atoms with Crippen LogP contribution in [0.15, 0.2) is 53.4 Å². The van der Waals surface area contributed by atoms with Crippen LogP contribution in [0.3, 0.4) is 0 Å². The minimum absolute atomic E-state index is 0.00374. The summed E-state index contributed by atoms with van der Waals surface area (Å²) < 4.78 is 0. The van der Waals surface area contributed by atoms with Crippen LogP contribution in [0.25, 0.3) is 0 Å². The lowest BCUT2D eigenvalue weighted by molar-refractivity contribution is -0.123. The standard InChI is InChI=1S/C25H33N3O2S/c1-25(2,3)20-7-9-22(10-8-20)31-17-23(29)27-21-6-4-5-18(15-21)16-28-13-11-19(12-14-28)24(26)30/h4-10,15,19H,11-14,16-17H2,1-3H3,(H2,26,30)(H,27,29). The van der Waals surface area contributed by atoms with Gasteiger partial charge in [-0.1, -0.05) is 45.0 Å². The first-order chi connectivity index (χ1) is 14.7. The van der Waals surface area contributed by atoms with Crippen LogP contribution in [0.2, 0.25) is 0 Å². The summed E-state index contributed by atoms with van der Waals surface area (Å²) in [5.74, 6) is 0.181. The lowest BCUT2D eigenvalue weighted by Gasteiger charge is -2.30. The highest BCUT2D eigenvalue weighted by atomic mass is 32.2. The van der Waals surface area contributed by atoms with Crippen molar-refractivity contribution in [2.24, 2.45) is 11.7 Å². The molecule has 0 aliphatic carbocycles. The van der Waals surface area contributed by atoms with Gasteiger partial charge in [-0.2, -0.15) is 0 Å². The smallest absolute Gasteiger partial charge is 0.234 e. The van der Waals surface area contributed by atoms with E-state index in [1.54, 1.807) is 11.8 Å².